The van der Waals surface area contributed by atoms with E-state index in [9.17, 15) is 4.79 Å². The second-order valence-electron chi connectivity index (χ2n) is 3.04. The normalized spacial score (nSPS) is 10.4. The van der Waals surface area contributed by atoms with Crippen molar-refractivity contribution >= 4 is 29.1 Å². The summed E-state index contributed by atoms with van der Waals surface area (Å²) in [7, 11) is 0. The highest BCUT2D eigenvalue weighted by atomic mass is 35.5. The summed E-state index contributed by atoms with van der Waals surface area (Å²) in [6, 6.07) is 5.01. The lowest BCUT2D eigenvalue weighted by Gasteiger charge is -2.02. The number of aromatic nitrogens is 1. The number of nitrogens with two attached hydrogens (primary N) is 1. The Morgan fingerprint density at radius 2 is 2.12 bits per heavy atom. The van der Waals surface area contributed by atoms with Crippen molar-refractivity contribution in [2.45, 2.75) is 0 Å². The number of carbonyl (C=O) groups excluding carboxylic acids is 1. The van der Waals surface area contributed by atoms with Gasteiger partial charge in [0.25, 0.3) is 5.91 Å². The predicted octanol–water partition coefficient (Wildman–Crippen LogP) is 2.75. The molecule has 6 heteroatoms. The number of benzene rings is 1. The van der Waals surface area contributed by atoms with Crippen molar-refractivity contribution in [2.24, 2.45) is 5.73 Å². The van der Waals surface area contributed by atoms with Gasteiger partial charge in [-0.05, 0) is 6.07 Å². The molecule has 2 N–H and O–H groups in total. The molecular weight excluding hydrogens is 251 g/mol. The molecule has 0 aliphatic carbocycles. The molecule has 0 fully saturated rings. The molecule has 1 aromatic carbocycles. The van der Waals surface area contributed by atoms with E-state index in [1.807, 2.05) is 0 Å². The minimum absolute atomic E-state index is 0.171. The van der Waals surface area contributed by atoms with Gasteiger partial charge >= 0.3 is 0 Å². The lowest BCUT2D eigenvalue weighted by Crippen LogP contribution is -2.11. The van der Waals surface area contributed by atoms with Gasteiger partial charge in [-0.15, -0.1) is 0 Å². The summed E-state index contributed by atoms with van der Waals surface area (Å²) in [5.41, 5.74) is 6.14. The van der Waals surface area contributed by atoms with E-state index in [0.29, 0.717) is 21.3 Å². The summed E-state index contributed by atoms with van der Waals surface area (Å²) >= 11 is 11.9. The first kappa shape index (κ1) is 11.0. The number of primary amides is 1. The number of amides is 1. The fourth-order valence-electron chi connectivity index (χ4n) is 1.29. The van der Waals surface area contributed by atoms with Crippen molar-refractivity contribution in [3.63, 3.8) is 0 Å². The second kappa shape index (κ2) is 4.15. The number of carbonyl (C=O) groups is 1. The van der Waals surface area contributed by atoms with E-state index in [4.69, 9.17) is 33.5 Å². The summed E-state index contributed by atoms with van der Waals surface area (Å²) in [4.78, 5) is 11.1. The van der Waals surface area contributed by atoms with Crippen LogP contribution in [-0.4, -0.2) is 11.1 Å². The summed E-state index contributed by atoms with van der Waals surface area (Å²) < 4.78 is 4.70. The van der Waals surface area contributed by atoms with Crippen LogP contribution < -0.4 is 5.73 Å². The number of rotatable bonds is 2. The Morgan fingerprint density at radius 1 is 1.38 bits per heavy atom. The topological polar surface area (TPSA) is 69.1 Å². The minimum Gasteiger partial charge on any atom is -0.365 e. The fraction of sp³-hybridized carbons (Fsp3) is 0. The lowest BCUT2D eigenvalue weighted by molar-refractivity contribution is 0.1000. The smallest absolute Gasteiger partial charge is 0.254 e. The van der Waals surface area contributed by atoms with Gasteiger partial charge in [0.05, 0.1) is 10.0 Å². The van der Waals surface area contributed by atoms with Crippen LogP contribution in [-0.2, 0) is 0 Å². The summed E-state index contributed by atoms with van der Waals surface area (Å²) in [6.07, 6.45) is 1.18. The van der Waals surface area contributed by atoms with Crippen molar-refractivity contribution in [1.82, 2.24) is 5.16 Å². The molecule has 2 rings (SSSR count). The zero-order valence-corrected chi connectivity index (χ0v) is 9.42. The number of hydrogen-bond acceptors (Lipinski definition) is 3. The molecule has 0 aliphatic rings. The van der Waals surface area contributed by atoms with Crippen LogP contribution in [0.4, 0.5) is 0 Å². The van der Waals surface area contributed by atoms with E-state index in [1.165, 1.54) is 6.26 Å². The first-order valence-corrected chi connectivity index (χ1v) is 5.05. The molecule has 1 heterocycles. The monoisotopic (exact) mass is 256 g/mol. The van der Waals surface area contributed by atoms with Crippen LogP contribution in [0.15, 0.2) is 29.0 Å². The Bertz CT molecular complexity index is 552. The van der Waals surface area contributed by atoms with Gasteiger partial charge in [0.1, 0.15) is 17.5 Å². The molecule has 0 saturated heterocycles. The van der Waals surface area contributed by atoms with Crippen molar-refractivity contribution < 1.29 is 9.32 Å². The maximum Gasteiger partial charge on any atom is 0.254 e. The van der Waals surface area contributed by atoms with Gasteiger partial charge in [0, 0.05) is 5.56 Å². The fourth-order valence-corrected chi connectivity index (χ4v) is 1.68. The SMILES string of the molecule is NC(=O)c1conc1-c1cccc(Cl)c1Cl. The highest BCUT2D eigenvalue weighted by Gasteiger charge is 2.18. The van der Waals surface area contributed by atoms with Crippen LogP contribution in [0.1, 0.15) is 10.4 Å². The molecule has 4 nitrogen and oxygen atoms in total. The largest absolute Gasteiger partial charge is 0.365 e. The van der Waals surface area contributed by atoms with Crippen LogP contribution in [0.3, 0.4) is 0 Å². The zero-order valence-electron chi connectivity index (χ0n) is 7.91. The molecule has 16 heavy (non-hydrogen) atoms. The highest BCUT2D eigenvalue weighted by Crippen LogP contribution is 2.34. The van der Waals surface area contributed by atoms with Gasteiger partial charge in [-0.2, -0.15) is 0 Å². The Hall–Kier alpha value is -1.52. The van der Waals surface area contributed by atoms with Crippen LogP contribution in [0, 0.1) is 0 Å². The van der Waals surface area contributed by atoms with Crippen molar-refractivity contribution in [3.05, 3.63) is 40.1 Å². The summed E-state index contributed by atoms with van der Waals surface area (Å²) in [6.45, 7) is 0. The third-order valence-corrected chi connectivity index (χ3v) is 2.86. The molecule has 2 aromatic rings. The Kier molecular flexibility index (Phi) is 2.85. The molecule has 0 unspecified atom stereocenters. The van der Waals surface area contributed by atoms with E-state index < -0.39 is 5.91 Å². The van der Waals surface area contributed by atoms with E-state index in [0.717, 1.165) is 0 Å². The third-order valence-electron chi connectivity index (χ3n) is 2.04. The maximum absolute atomic E-state index is 11.1. The van der Waals surface area contributed by atoms with Crippen LogP contribution in [0.25, 0.3) is 11.3 Å². The van der Waals surface area contributed by atoms with Crippen molar-refractivity contribution in [1.29, 1.82) is 0 Å². The quantitative estimate of drug-likeness (QED) is 0.899. The molecule has 1 amide bonds. The van der Waals surface area contributed by atoms with Crippen LogP contribution in [0.2, 0.25) is 10.0 Å². The van der Waals surface area contributed by atoms with Crippen molar-refractivity contribution in [3.8, 4) is 11.3 Å². The van der Waals surface area contributed by atoms with E-state index in [2.05, 4.69) is 5.16 Å². The molecule has 0 bridgehead atoms. The molecular formula is C10H6Cl2N2O2. The predicted molar refractivity (Wildman–Crippen MR) is 60.5 cm³/mol. The van der Waals surface area contributed by atoms with Gasteiger partial charge < -0.3 is 10.3 Å². The highest BCUT2D eigenvalue weighted by molar-refractivity contribution is 6.43. The lowest BCUT2D eigenvalue weighted by atomic mass is 10.1. The first-order valence-electron chi connectivity index (χ1n) is 4.30. The molecule has 0 spiro atoms. The number of hydrogen-bond donors (Lipinski definition) is 1. The first-order chi connectivity index (χ1) is 7.61. The summed E-state index contributed by atoms with van der Waals surface area (Å²) in [5.74, 6) is -0.632. The third kappa shape index (κ3) is 1.77. The van der Waals surface area contributed by atoms with Crippen LogP contribution in [0.5, 0.6) is 0 Å². The second-order valence-corrected chi connectivity index (χ2v) is 3.83. The van der Waals surface area contributed by atoms with Gasteiger partial charge in [-0.25, -0.2) is 0 Å². The zero-order chi connectivity index (χ0) is 11.7. The molecule has 0 radical (unpaired) electrons. The van der Waals surface area contributed by atoms with Gasteiger partial charge in [0.2, 0.25) is 0 Å². The maximum atomic E-state index is 11.1. The molecule has 0 aliphatic heterocycles. The van der Waals surface area contributed by atoms with Crippen LogP contribution >= 0.6 is 23.2 Å². The van der Waals surface area contributed by atoms with Gasteiger partial charge in [0.15, 0.2) is 0 Å². The van der Waals surface area contributed by atoms with E-state index in [-0.39, 0.29) is 5.56 Å². The number of halogens is 2. The average molecular weight is 257 g/mol. The standard InChI is InChI=1S/C10H6Cl2N2O2/c11-7-3-1-2-5(8(7)12)9-6(10(13)15)4-16-14-9/h1-4H,(H2,13,15). The van der Waals surface area contributed by atoms with Gasteiger partial charge in [-0.3, -0.25) is 4.79 Å². The Labute approximate surface area is 101 Å². The average Bonchev–Trinajstić information content (AvgIpc) is 2.70. The Balaban J connectivity index is 2.63. The minimum atomic E-state index is -0.632. The van der Waals surface area contributed by atoms with E-state index in [1.54, 1.807) is 18.2 Å². The molecule has 0 atom stereocenters. The van der Waals surface area contributed by atoms with E-state index >= 15 is 0 Å². The van der Waals surface area contributed by atoms with Gasteiger partial charge in [-0.1, -0.05) is 40.5 Å². The van der Waals surface area contributed by atoms with Crippen molar-refractivity contribution in [2.75, 3.05) is 0 Å². The molecule has 82 valence electrons. The molecule has 1 aromatic heterocycles. The number of nitrogens with zero attached hydrogens (tertiary/aromatic N) is 1. The summed E-state index contributed by atoms with van der Waals surface area (Å²) in [5, 5.41) is 4.37. The molecule has 0 saturated carbocycles. The Morgan fingerprint density at radius 3 is 2.81 bits per heavy atom.